The van der Waals surface area contributed by atoms with Gasteiger partial charge in [0.15, 0.2) is 0 Å². The zero-order chi connectivity index (χ0) is 26.3. The van der Waals surface area contributed by atoms with Crippen molar-refractivity contribution >= 4 is 39.1 Å². The molecule has 2 amide bonds. The Morgan fingerprint density at radius 1 is 1.06 bits per heavy atom. The Morgan fingerprint density at radius 2 is 1.67 bits per heavy atom. The Labute approximate surface area is 217 Å². The van der Waals surface area contributed by atoms with Gasteiger partial charge in [0.1, 0.15) is 18.4 Å². The Bertz CT molecular complexity index is 1140. The summed E-state index contributed by atoms with van der Waals surface area (Å²) in [5.41, 5.74) is 0.919. The van der Waals surface area contributed by atoms with E-state index in [1.54, 1.807) is 24.3 Å². The third kappa shape index (κ3) is 7.67. The average molecular weight is 538 g/mol. The molecule has 0 heterocycles. The summed E-state index contributed by atoms with van der Waals surface area (Å²) < 4.78 is 39.5. The predicted molar refractivity (Wildman–Crippen MR) is 140 cm³/mol. The highest BCUT2D eigenvalue weighted by atomic mass is 35.5. The van der Waals surface area contributed by atoms with Gasteiger partial charge in [-0.25, -0.2) is 12.8 Å². The van der Waals surface area contributed by atoms with Crippen molar-refractivity contribution in [3.63, 3.8) is 0 Å². The highest BCUT2D eigenvalue weighted by Gasteiger charge is 2.32. The van der Waals surface area contributed by atoms with E-state index in [1.807, 2.05) is 6.92 Å². The fourth-order valence-electron chi connectivity index (χ4n) is 4.47. The van der Waals surface area contributed by atoms with Crippen molar-refractivity contribution in [1.82, 2.24) is 10.2 Å². The minimum absolute atomic E-state index is 0.0690. The summed E-state index contributed by atoms with van der Waals surface area (Å²) in [5, 5.41) is 3.63. The van der Waals surface area contributed by atoms with Gasteiger partial charge in [0.25, 0.3) is 0 Å². The molecule has 2 aromatic carbocycles. The van der Waals surface area contributed by atoms with E-state index in [1.165, 1.54) is 17.0 Å². The number of hydrogen-bond donors (Lipinski definition) is 1. The van der Waals surface area contributed by atoms with Crippen molar-refractivity contribution < 1.29 is 22.4 Å². The average Bonchev–Trinajstić information content (AvgIpc) is 2.84. The van der Waals surface area contributed by atoms with E-state index < -0.39 is 34.3 Å². The fourth-order valence-corrected chi connectivity index (χ4v) is 5.45. The second-order valence-electron chi connectivity index (χ2n) is 9.16. The van der Waals surface area contributed by atoms with Gasteiger partial charge in [0.05, 0.1) is 11.9 Å². The zero-order valence-electron chi connectivity index (χ0n) is 20.6. The van der Waals surface area contributed by atoms with Gasteiger partial charge in [-0.15, -0.1) is 0 Å². The number of halogens is 2. The molecule has 3 rings (SSSR count). The number of nitrogens with one attached hydrogen (secondary N) is 1. The van der Waals surface area contributed by atoms with E-state index in [-0.39, 0.29) is 24.2 Å². The van der Waals surface area contributed by atoms with Gasteiger partial charge in [0, 0.05) is 17.6 Å². The van der Waals surface area contributed by atoms with Crippen LogP contribution < -0.4 is 9.62 Å². The van der Waals surface area contributed by atoms with Crippen LogP contribution in [-0.4, -0.2) is 50.0 Å². The van der Waals surface area contributed by atoms with E-state index in [4.69, 9.17) is 11.6 Å². The predicted octanol–water partition coefficient (Wildman–Crippen LogP) is 4.50. The number of carbonyl (C=O) groups excluding carboxylic acids is 2. The molecule has 0 aromatic heterocycles. The first-order chi connectivity index (χ1) is 17.1. The second-order valence-corrected chi connectivity index (χ2v) is 11.5. The Kier molecular flexibility index (Phi) is 9.73. The molecule has 0 radical (unpaired) electrons. The van der Waals surface area contributed by atoms with Crippen LogP contribution in [0.2, 0.25) is 5.02 Å². The van der Waals surface area contributed by atoms with Gasteiger partial charge in [-0.2, -0.15) is 0 Å². The fraction of sp³-hybridized carbons (Fsp3) is 0.462. The molecule has 1 atom stereocenters. The first-order valence-electron chi connectivity index (χ1n) is 12.2. The maximum Gasteiger partial charge on any atom is 0.244 e. The van der Waals surface area contributed by atoms with Crippen LogP contribution in [0.25, 0.3) is 0 Å². The van der Waals surface area contributed by atoms with Crippen LogP contribution in [-0.2, 0) is 26.2 Å². The lowest BCUT2D eigenvalue weighted by Gasteiger charge is -2.34. The largest absolute Gasteiger partial charge is 0.352 e. The summed E-state index contributed by atoms with van der Waals surface area (Å²) >= 11 is 6.01. The molecule has 1 aliphatic carbocycles. The first kappa shape index (κ1) is 27.9. The molecular weight excluding hydrogens is 505 g/mol. The number of amides is 2. The SMILES string of the molecule is CC[C@H](C(=O)NC1CCCCC1)N(Cc1ccc(Cl)cc1)C(=O)CN(c1ccc(F)cc1)S(C)(=O)=O. The molecule has 0 bridgehead atoms. The van der Waals surface area contributed by atoms with Gasteiger partial charge in [-0.3, -0.25) is 13.9 Å². The smallest absolute Gasteiger partial charge is 0.244 e. The number of rotatable bonds is 10. The third-order valence-corrected chi connectivity index (χ3v) is 7.79. The van der Waals surface area contributed by atoms with Crippen LogP contribution in [0.5, 0.6) is 0 Å². The Morgan fingerprint density at radius 3 is 2.22 bits per heavy atom. The minimum Gasteiger partial charge on any atom is -0.352 e. The number of anilines is 1. The molecule has 36 heavy (non-hydrogen) atoms. The summed E-state index contributed by atoms with van der Waals surface area (Å²) in [5.74, 6) is -1.31. The van der Waals surface area contributed by atoms with Crippen molar-refractivity contribution in [2.24, 2.45) is 0 Å². The summed E-state index contributed by atoms with van der Waals surface area (Å²) in [6.45, 7) is 1.40. The molecule has 0 aliphatic heterocycles. The monoisotopic (exact) mass is 537 g/mol. The molecule has 1 N–H and O–H groups in total. The van der Waals surface area contributed by atoms with Crippen molar-refractivity contribution in [1.29, 1.82) is 0 Å². The zero-order valence-corrected chi connectivity index (χ0v) is 22.2. The van der Waals surface area contributed by atoms with Gasteiger partial charge in [-0.1, -0.05) is 49.9 Å². The highest BCUT2D eigenvalue weighted by Crippen LogP contribution is 2.22. The standard InChI is InChI=1S/C26H33ClFN3O4S/c1-3-24(26(33)29-22-7-5-4-6-8-22)30(17-19-9-11-20(27)12-10-19)25(32)18-31(36(2,34)35)23-15-13-21(28)14-16-23/h9-16,22,24H,3-8,17-18H2,1-2H3,(H,29,33)/t24-/m1/s1. The number of carbonyl (C=O) groups is 2. The van der Waals surface area contributed by atoms with Gasteiger partial charge >= 0.3 is 0 Å². The molecule has 7 nitrogen and oxygen atoms in total. The first-order valence-corrected chi connectivity index (χ1v) is 14.4. The Hall–Kier alpha value is -2.65. The summed E-state index contributed by atoms with van der Waals surface area (Å²) in [6, 6.07) is 11.1. The van der Waals surface area contributed by atoms with Crippen LogP contribution in [0.15, 0.2) is 48.5 Å². The van der Waals surface area contributed by atoms with Crippen molar-refractivity contribution in [3.8, 4) is 0 Å². The molecule has 0 saturated heterocycles. The molecule has 0 unspecified atom stereocenters. The molecule has 0 spiro atoms. The molecular formula is C26H33ClFN3O4S. The molecule has 2 aromatic rings. The van der Waals surface area contributed by atoms with Crippen LogP contribution in [0.3, 0.4) is 0 Å². The van der Waals surface area contributed by atoms with E-state index in [0.29, 0.717) is 11.4 Å². The lowest BCUT2D eigenvalue weighted by Crippen LogP contribution is -2.53. The van der Waals surface area contributed by atoms with Crippen LogP contribution in [0, 0.1) is 5.82 Å². The summed E-state index contributed by atoms with van der Waals surface area (Å²) in [7, 11) is -3.87. The summed E-state index contributed by atoms with van der Waals surface area (Å²) in [6.07, 6.45) is 6.40. The molecule has 196 valence electrons. The van der Waals surface area contributed by atoms with Crippen LogP contribution >= 0.6 is 11.6 Å². The van der Waals surface area contributed by atoms with E-state index >= 15 is 0 Å². The van der Waals surface area contributed by atoms with E-state index in [9.17, 15) is 22.4 Å². The maximum absolute atomic E-state index is 13.6. The summed E-state index contributed by atoms with van der Waals surface area (Å²) in [4.78, 5) is 28.4. The normalized spacial score (nSPS) is 15.2. The number of benzene rings is 2. The van der Waals surface area contributed by atoms with Crippen molar-refractivity contribution in [2.45, 2.75) is 64.1 Å². The second kappa shape index (κ2) is 12.5. The van der Waals surface area contributed by atoms with Gasteiger partial charge in [-0.05, 0) is 61.2 Å². The molecule has 1 saturated carbocycles. The quantitative estimate of drug-likeness (QED) is 0.483. The van der Waals surface area contributed by atoms with Gasteiger partial charge < -0.3 is 10.2 Å². The lowest BCUT2D eigenvalue weighted by molar-refractivity contribution is -0.140. The Balaban J connectivity index is 1.89. The van der Waals surface area contributed by atoms with E-state index in [0.717, 1.165) is 60.4 Å². The maximum atomic E-state index is 13.6. The number of nitrogens with zero attached hydrogens (tertiary/aromatic N) is 2. The van der Waals surface area contributed by atoms with Crippen molar-refractivity contribution in [2.75, 3.05) is 17.1 Å². The number of hydrogen-bond acceptors (Lipinski definition) is 4. The lowest BCUT2D eigenvalue weighted by atomic mass is 9.95. The molecule has 1 fully saturated rings. The molecule has 10 heteroatoms. The highest BCUT2D eigenvalue weighted by molar-refractivity contribution is 7.92. The molecule has 1 aliphatic rings. The van der Waals surface area contributed by atoms with Crippen LogP contribution in [0.1, 0.15) is 51.0 Å². The van der Waals surface area contributed by atoms with Crippen molar-refractivity contribution in [3.05, 3.63) is 64.9 Å². The van der Waals surface area contributed by atoms with E-state index in [2.05, 4.69) is 5.32 Å². The minimum atomic E-state index is -3.87. The number of sulfonamides is 1. The van der Waals surface area contributed by atoms with Gasteiger partial charge in [0.2, 0.25) is 21.8 Å². The topological polar surface area (TPSA) is 86.8 Å². The van der Waals surface area contributed by atoms with Crippen LogP contribution in [0.4, 0.5) is 10.1 Å². The third-order valence-electron chi connectivity index (χ3n) is 6.40.